The number of aromatic nitrogens is 2. The maximum atomic E-state index is 11.6. The Labute approximate surface area is 77.8 Å². The van der Waals surface area contributed by atoms with Crippen molar-refractivity contribution in [2.45, 2.75) is 19.9 Å². The van der Waals surface area contributed by atoms with Gasteiger partial charge >= 0.3 is 0 Å². The van der Waals surface area contributed by atoms with Crippen LogP contribution in [0.3, 0.4) is 0 Å². The second-order valence-electron chi connectivity index (χ2n) is 3.37. The van der Waals surface area contributed by atoms with Crippen LogP contribution in [0.2, 0.25) is 0 Å². The van der Waals surface area contributed by atoms with Gasteiger partial charge in [0, 0.05) is 32.5 Å². The highest BCUT2D eigenvalue weighted by Gasteiger charge is 2.10. The Hall–Kier alpha value is -1.32. The van der Waals surface area contributed by atoms with E-state index < -0.39 is 0 Å². The van der Waals surface area contributed by atoms with Gasteiger partial charge in [-0.1, -0.05) is 0 Å². The zero-order valence-electron chi connectivity index (χ0n) is 8.48. The standard InChI is InChI=1S/C9H15N3O/c1-7(2)12(4)8-9(13)11(3)6-5-10-8/h5-7H,1-4H3. The highest BCUT2D eigenvalue weighted by molar-refractivity contribution is 5.35. The lowest BCUT2D eigenvalue weighted by Crippen LogP contribution is -2.34. The number of nitrogens with zero attached hydrogens (tertiary/aromatic N) is 3. The van der Waals surface area contributed by atoms with Crippen molar-refractivity contribution in [2.24, 2.45) is 7.05 Å². The molecule has 13 heavy (non-hydrogen) atoms. The first-order valence-corrected chi connectivity index (χ1v) is 4.28. The maximum absolute atomic E-state index is 11.6. The Morgan fingerprint density at radius 1 is 1.54 bits per heavy atom. The van der Waals surface area contributed by atoms with Gasteiger partial charge in [-0.2, -0.15) is 0 Å². The lowest BCUT2D eigenvalue weighted by molar-refractivity contribution is 0.720. The van der Waals surface area contributed by atoms with Crippen LogP contribution in [0.4, 0.5) is 5.82 Å². The summed E-state index contributed by atoms with van der Waals surface area (Å²) < 4.78 is 1.53. The van der Waals surface area contributed by atoms with Gasteiger partial charge in [-0.3, -0.25) is 4.79 Å². The molecule has 0 unspecified atom stereocenters. The topological polar surface area (TPSA) is 38.1 Å². The number of rotatable bonds is 2. The molecule has 0 atom stereocenters. The normalized spacial score (nSPS) is 10.5. The predicted octanol–water partition coefficient (Wildman–Crippen LogP) is 0.625. The molecule has 0 aliphatic rings. The molecular formula is C9H15N3O. The van der Waals surface area contributed by atoms with Crippen LogP contribution in [0.15, 0.2) is 17.2 Å². The van der Waals surface area contributed by atoms with Crippen LogP contribution in [0.5, 0.6) is 0 Å². The highest BCUT2D eigenvalue weighted by atomic mass is 16.1. The first-order chi connectivity index (χ1) is 6.04. The van der Waals surface area contributed by atoms with Gasteiger partial charge in [0.05, 0.1) is 0 Å². The van der Waals surface area contributed by atoms with E-state index in [4.69, 9.17) is 0 Å². The molecule has 0 amide bonds. The summed E-state index contributed by atoms with van der Waals surface area (Å²) >= 11 is 0. The maximum Gasteiger partial charge on any atom is 0.293 e. The van der Waals surface area contributed by atoms with Gasteiger partial charge in [0.1, 0.15) is 0 Å². The lowest BCUT2D eigenvalue weighted by Gasteiger charge is -2.21. The van der Waals surface area contributed by atoms with Crippen molar-refractivity contribution in [2.75, 3.05) is 11.9 Å². The largest absolute Gasteiger partial charge is 0.353 e. The molecule has 0 aromatic carbocycles. The fraction of sp³-hybridized carbons (Fsp3) is 0.556. The van der Waals surface area contributed by atoms with E-state index in [1.54, 1.807) is 19.4 Å². The van der Waals surface area contributed by atoms with Gasteiger partial charge in [0.15, 0.2) is 5.82 Å². The van der Waals surface area contributed by atoms with E-state index in [2.05, 4.69) is 4.98 Å². The molecule has 0 N–H and O–H groups in total. The van der Waals surface area contributed by atoms with Crippen LogP contribution >= 0.6 is 0 Å². The van der Waals surface area contributed by atoms with Gasteiger partial charge < -0.3 is 9.47 Å². The van der Waals surface area contributed by atoms with E-state index in [0.717, 1.165) is 0 Å². The fourth-order valence-electron chi connectivity index (χ4n) is 0.971. The van der Waals surface area contributed by atoms with Gasteiger partial charge in [-0.15, -0.1) is 0 Å². The van der Waals surface area contributed by atoms with Crippen molar-refractivity contribution in [3.63, 3.8) is 0 Å². The SMILES string of the molecule is CC(C)N(C)c1nccn(C)c1=O. The third-order valence-corrected chi connectivity index (χ3v) is 2.11. The number of aryl methyl sites for hydroxylation is 1. The zero-order valence-corrected chi connectivity index (χ0v) is 8.48. The van der Waals surface area contributed by atoms with E-state index in [9.17, 15) is 4.79 Å². The van der Waals surface area contributed by atoms with Crippen LogP contribution in [0.25, 0.3) is 0 Å². The minimum Gasteiger partial charge on any atom is -0.353 e. The summed E-state index contributed by atoms with van der Waals surface area (Å²) in [6.45, 7) is 4.04. The Morgan fingerprint density at radius 3 is 2.69 bits per heavy atom. The zero-order chi connectivity index (χ0) is 10.0. The van der Waals surface area contributed by atoms with Crippen molar-refractivity contribution in [3.05, 3.63) is 22.7 Å². The highest BCUT2D eigenvalue weighted by Crippen LogP contribution is 2.03. The van der Waals surface area contributed by atoms with E-state index in [-0.39, 0.29) is 11.6 Å². The molecule has 0 saturated heterocycles. The third kappa shape index (κ3) is 1.88. The van der Waals surface area contributed by atoms with Gasteiger partial charge in [0.2, 0.25) is 0 Å². The van der Waals surface area contributed by atoms with Crippen LogP contribution < -0.4 is 10.5 Å². The molecule has 0 aliphatic carbocycles. The summed E-state index contributed by atoms with van der Waals surface area (Å²) in [5.41, 5.74) is -0.0568. The van der Waals surface area contributed by atoms with Crippen molar-refractivity contribution in [3.8, 4) is 0 Å². The molecule has 0 fully saturated rings. The molecule has 1 aromatic rings. The summed E-state index contributed by atoms with van der Waals surface area (Å²) in [6, 6.07) is 0.280. The lowest BCUT2D eigenvalue weighted by atomic mass is 10.3. The molecule has 72 valence electrons. The van der Waals surface area contributed by atoms with Crippen LogP contribution in [-0.2, 0) is 7.05 Å². The minimum absolute atomic E-state index is 0.0568. The number of anilines is 1. The summed E-state index contributed by atoms with van der Waals surface area (Å²) in [7, 11) is 3.59. The summed E-state index contributed by atoms with van der Waals surface area (Å²) in [6.07, 6.45) is 3.29. The van der Waals surface area contributed by atoms with Crippen molar-refractivity contribution < 1.29 is 0 Å². The average Bonchev–Trinajstić information content (AvgIpc) is 2.08. The van der Waals surface area contributed by atoms with Gasteiger partial charge in [0.25, 0.3) is 5.56 Å². The van der Waals surface area contributed by atoms with Crippen LogP contribution in [-0.4, -0.2) is 22.6 Å². The van der Waals surface area contributed by atoms with E-state index in [1.165, 1.54) is 4.57 Å². The summed E-state index contributed by atoms with van der Waals surface area (Å²) in [5.74, 6) is 0.500. The molecule has 4 nitrogen and oxygen atoms in total. The molecule has 0 spiro atoms. The average molecular weight is 181 g/mol. The Morgan fingerprint density at radius 2 is 2.15 bits per heavy atom. The summed E-state index contributed by atoms with van der Waals surface area (Å²) in [4.78, 5) is 17.5. The Balaban J connectivity index is 3.16. The van der Waals surface area contributed by atoms with E-state index in [1.807, 2.05) is 25.8 Å². The number of hydrogen-bond acceptors (Lipinski definition) is 3. The van der Waals surface area contributed by atoms with Crippen molar-refractivity contribution in [1.29, 1.82) is 0 Å². The van der Waals surface area contributed by atoms with Crippen LogP contribution in [0, 0.1) is 0 Å². The summed E-state index contributed by atoms with van der Waals surface area (Å²) in [5, 5.41) is 0. The predicted molar refractivity (Wildman–Crippen MR) is 53.0 cm³/mol. The molecule has 0 radical (unpaired) electrons. The Bertz CT molecular complexity index is 343. The fourth-order valence-corrected chi connectivity index (χ4v) is 0.971. The molecule has 0 saturated carbocycles. The minimum atomic E-state index is -0.0568. The third-order valence-electron chi connectivity index (χ3n) is 2.11. The van der Waals surface area contributed by atoms with Crippen molar-refractivity contribution in [1.82, 2.24) is 9.55 Å². The smallest absolute Gasteiger partial charge is 0.293 e. The monoisotopic (exact) mass is 181 g/mol. The van der Waals surface area contributed by atoms with Crippen LogP contribution in [0.1, 0.15) is 13.8 Å². The first kappa shape index (κ1) is 9.77. The molecule has 0 bridgehead atoms. The first-order valence-electron chi connectivity index (χ1n) is 4.28. The van der Waals surface area contributed by atoms with Crippen molar-refractivity contribution >= 4 is 5.82 Å². The molecule has 1 aromatic heterocycles. The second kappa shape index (κ2) is 3.60. The van der Waals surface area contributed by atoms with E-state index in [0.29, 0.717) is 5.82 Å². The molecule has 0 aliphatic heterocycles. The molecule has 1 heterocycles. The quantitative estimate of drug-likeness (QED) is 0.671. The molecular weight excluding hydrogens is 166 g/mol. The van der Waals surface area contributed by atoms with Gasteiger partial charge in [-0.25, -0.2) is 4.98 Å². The Kier molecular flexibility index (Phi) is 2.70. The van der Waals surface area contributed by atoms with E-state index >= 15 is 0 Å². The molecule has 4 heteroatoms. The molecule has 1 rings (SSSR count). The number of hydrogen-bond donors (Lipinski definition) is 0. The van der Waals surface area contributed by atoms with Gasteiger partial charge in [-0.05, 0) is 13.8 Å². The second-order valence-corrected chi connectivity index (χ2v) is 3.37.